The molecule has 0 bridgehead atoms. The third kappa shape index (κ3) is 2.78. The van der Waals surface area contributed by atoms with E-state index in [0.29, 0.717) is 19.8 Å². The normalized spacial score (nSPS) is 40.3. The van der Waals surface area contributed by atoms with Gasteiger partial charge in [-0.1, -0.05) is 0 Å². The van der Waals surface area contributed by atoms with E-state index in [9.17, 15) is 0 Å². The quantitative estimate of drug-likeness (QED) is 0.732. The van der Waals surface area contributed by atoms with E-state index in [1.807, 2.05) is 21.0 Å². The van der Waals surface area contributed by atoms with Crippen molar-refractivity contribution in [3.63, 3.8) is 0 Å². The van der Waals surface area contributed by atoms with Crippen LogP contribution in [0.1, 0.15) is 47.5 Å². The van der Waals surface area contributed by atoms with E-state index in [1.165, 1.54) is 6.42 Å². The third-order valence-corrected chi connectivity index (χ3v) is 7.81. The van der Waals surface area contributed by atoms with E-state index in [2.05, 4.69) is 20.8 Å². The van der Waals surface area contributed by atoms with Crippen molar-refractivity contribution in [1.82, 2.24) is 0 Å². The molecule has 3 nitrogen and oxygen atoms in total. The minimum absolute atomic E-state index is 0.0233. The van der Waals surface area contributed by atoms with Crippen LogP contribution in [0.3, 0.4) is 0 Å². The molecule has 4 heteroatoms. The van der Waals surface area contributed by atoms with Crippen molar-refractivity contribution in [3.8, 4) is 0 Å². The molecule has 0 unspecified atom stereocenters. The first-order chi connectivity index (χ1) is 8.19. The van der Waals surface area contributed by atoms with Gasteiger partial charge in [-0.2, -0.15) is 0 Å². The van der Waals surface area contributed by atoms with Crippen LogP contribution < -0.4 is 0 Å². The van der Waals surface area contributed by atoms with Gasteiger partial charge in [0, 0.05) is 0 Å². The van der Waals surface area contributed by atoms with Crippen molar-refractivity contribution in [2.45, 2.75) is 80.7 Å². The average Bonchev–Trinajstić information content (AvgIpc) is 2.37. The molecule has 2 aliphatic rings. The first-order valence-corrected chi connectivity index (χ1v) is 8.93. The van der Waals surface area contributed by atoms with Gasteiger partial charge in [0.25, 0.3) is 0 Å². The molecular formula is C14H26O3Se. The maximum absolute atomic E-state index is 6.16. The Hall–Kier alpha value is 0.399. The summed E-state index contributed by atoms with van der Waals surface area (Å²) >= 11 is 0.547. The van der Waals surface area contributed by atoms with Crippen LogP contribution in [0.25, 0.3) is 0 Å². The zero-order valence-corrected chi connectivity index (χ0v) is 14.1. The Balaban J connectivity index is 2.09. The van der Waals surface area contributed by atoms with Crippen molar-refractivity contribution in [3.05, 3.63) is 0 Å². The molecular weight excluding hydrogens is 295 g/mol. The molecule has 0 aromatic rings. The molecule has 0 saturated carbocycles. The monoisotopic (exact) mass is 322 g/mol. The Morgan fingerprint density at radius 2 is 1.94 bits per heavy atom. The Morgan fingerprint density at radius 1 is 1.28 bits per heavy atom. The Morgan fingerprint density at radius 3 is 2.56 bits per heavy atom. The second kappa shape index (κ2) is 4.75. The summed E-state index contributed by atoms with van der Waals surface area (Å²) in [7, 11) is 1.82. The number of rotatable bonds is 2. The molecule has 0 amide bonds. The molecule has 2 aliphatic heterocycles. The van der Waals surface area contributed by atoms with Crippen molar-refractivity contribution in [1.29, 1.82) is 0 Å². The van der Waals surface area contributed by atoms with Gasteiger partial charge in [0.05, 0.1) is 0 Å². The molecule has 2 fully saturated rings. The van der Waals surface area contributed by atoms with Gasteiger partial charge < -0.3 is 0 Å². The number of hydrogen-bond donors (Lipinski definition) is 0. The second-order valence-corrected chi connectivity index (χ2v) is 9.18. The Labute approximate surface area is 117 Å². The Kier molecular flexibility index (Phi) is 3.90. The fourth-order valence-corrected chi connectivity index (χ4v) is 6.30. The van der Waals surface area contributed by atoms with E-state index in [-0.39, 0.29) is 17.3 Å². The molecule has 0 N–H and O–H groups in total. The van der Waals surface area contributed by atoms with Gasteiger partial charge in [-0.15, -0.1) is 0 Å². The number of methoxy groups -OCH3 is 1. The van der Waals surface area contributed by atoms with Crippen molar-refractivity contribution >= 4 is 15.0 Å². The molecule has 106 valence electrons. The first kappa shape index (κ1) is 14.8. The summed E-state index contributed by atoms with van der Waals surface area (Å²) in [4.78, 5) is 0.646. The van der Waals surface area contributed by atoms with Crippen LogP contribution in [0.15, 0.2) is 0 Å². The summed E-state index contributed by atoms with van der Waals surface area (Å²) in [5.74, 6) is -0.418. The predicted molar refractivity (Wildman–Crippen MR) is 73.1 cm³/mol. The zero-order chi connectivity index (χ0) is 13.6. The van der Waals surface area contributed by atoms with E-state index >= 15 is 0 Å². The molecule has 0 spiro atoms. The molecule has 18 heavy (non-hydrogen) atoms. The summed E-state index contributed by atoms with van der Waals surface area (Å²) in [5, 5.41) is 1.13. The summed E-state index contributed by atoms with van der Waals surface area (Å²) in [5.41, 5.74) is -0.131. The van der Waals surface area contributed by atoms with Gasteiger partial charge in [0.1, 0.15) is 0 Å². The maximum atomic E-state index is 6.16. The van der Waals surface area contributed by atoms with E-state index < -0.39 is 5.79 Å². The SMILES string of the molecule is COC(C)(C)[C@H]1CC[C@@]2(C)OC(C)(C)O[C@H]2C[Se]1. The molecule has 0 aromatic heterocycles. The minimum atomic E-state index is -0.418. The topological polar surface area (TPSA) is 27.7 Å². The molecule has 2 rings (SSSR count). The van der Waals surface area contributed by atoms with Crippen LogP contribution in [-0.4, -0.2) is 45.2 Å². The summed E-state index contributed by atoms with van der Waals surface area (Å²) in [6.45, 7) is 10.7. The first-order valence-electron chi connectivity index (χ1n) is 6.73. The van der Waals surface area contributed by atoms with Gasteiger partial charge in [-0.05, 0) is 0 Å². The van der Waals surface area contributed by atoms with Gasteiger partial charge in [-0.3, -0.25) is 0 Å². The molecule has 3 atom stereocenters. The van der Waals surface area contributed by atoms with Crippen molar-refractivity contribution in [2.24, 2.45) is 0 Å². The van der Waals surface area contributed by atoms with Crippen LogP contribution in [0.4, 0.5) is 0 Å². The molecule has 0 aromatic carbocycles. The Bertz CT molecular complexity index is 316. The predicted octanol–water partition coefficient (Wildman–Crippen LogP) is 3.03. The molecule has 2 saturated heterocycles. The molecule has 2 heterocycles. The summed E-state index contributed by atoms with van der Waals surface area (Å²) in [6.07, 6.45) is 2.50. The molecule has 0 radical (unpaired) electrons. The van der Waals surface area contributed by atoms with Crippen molar-refractivity contribution < 1.29 is 14.2 Å². The number of ether oxygens (including phenoxy) is 3. The van der Waals surface area contributed by atoms with Crippen LogP contribution in [0, 0.1) is 0 Å². The molecule has 0 aliphatic carbocycles. The summed E-state index contributed by atoms with van der Waals surface area (Å²) in [6, 6.07) is 0. The van der Waals surface area contributed by atoms with Gasteiger partial charge in [0.2, 0.25) is 0 Å². The van der Waals surface area contributed by atoms with Crippen LogP contribution >= 0.6 is 0 Å². The zero-order valence-electron chi connectivity index (χ0n) is 12.4. The van der Waals surface area contributed by atoms with Crippen LogP contribution in [0.2, 0.25) is 10.1 Å². The fraction of sp³-hybridized carbons (Fsp3) is 1.00. The third-order valence-electron chi connectivity index (χ3n) is 4.24. The van der Waals surface area contributed by atoms with Gasteiger partial charge in [-0.25, -0.2) is 0 Å². The van der Waals surface area contributed by atoms with E-state index in [1.54, 1.807) is 0 Å². The van der Waals surface area contributed by atoms with Gasteiger partial charge >= 0.3 is 117 Å². The second-order valence-electron chi connectivity index (χ2n) is 6.59. The van der Waals surface area contributed by atoms with E-state index in [0.717, 1.165) is 11.7 Å². The van der Waals surface area contributed by atoms with Crippen LogP contribution in [0.5, 0.6) is 0 Å². The summed E-state index contributed by atoms with van der Waals surface area (Å²) < 4.78 is 17.9. The average molecular weight is 321 g/mol. The van der Waals surface area contributed by atoms with E-state index in [4.69, 9.17) is 14.2 Å². The fourth-order valence-electron chi connectivity index (χ4n) is 2.93. The van der Waals surface area contributed by atoms with Crippen molar-refractivity contribution in [2.75, 3.05) is 7.11 Å². The van der Waals surface area contributed by atoms with Gasteiger partial charge in [0.15, 0.2) is 0 Å². The van der Waals surface area contributed by atoms with Crippen LogP contribution in [-0.2, 0) is 14.2 Å². The standard InChI is InChI=1S/C14H26O3Se/c1-12(2,15-6)11-7-8-14(5)10(9-18-11)16-13(3,4)17-14/h10-11H,7-9H2,1-6H3/t10-,11+,14+/m0/s1. The number of hydrogen-bond acceptors (Lipinski definition) is 3. The number of fused-ring (bicyclic) bond motifs is 1.